The number of rotatable bonds is 3. The molecule has 0 atom stereocenters. The zero-order chi connectivity index (χ0) is 18.3. The molecule has 2 heterocycles. The Kier molecular flexibility index (Phi) is 4.24. The van der Waals surface area contributed by atoms with Gasteiger partial charge in [-0.3, -0.25) is 0 Å². The number of nitrogens with zero attached hydrogens (tertiary/aromatic N) is 3. The number of hydrogen-bond donors (Lipinski definition) is 3. The molecule has 0 aliphatic heterocycles. The van der Waals surface area contributed by atoms with Crippen molar-refractivity contribution in [2.45, 2.75) is 44.6 Å². The molecular weight excluding hydrogens is 331 g/mol. The highest BCUT2D eigenvalue weighted by Gasteiger charge is 2.27. The summed E-state index contributed by atoms with van der Waals surface area (Å²) in [7, 11) is 0. The highest BCUT2D eigenvalue weighted by Crippen LogP contribution is 2.41. The molecule has 0 radical (unpaired) electrons. The summed E-state index contributed by atoms with van der Waals surface area (Å²) < 4.78 is 16.0. The Hall–Kier alpha value is -2.67. The van der Waals surface area contributed by atoms with Crippen molar-refractivity contribution < 1.29 is 4.39 Å². The molecule has 0 spiro atoms. The van der Waals surface area contributed by atoms with Gasteiger partial charge >= 0.3 is 0 Å². The molecule has 5 N–H and O–H groups in total. The fraction of sp³-hybridized carbons (Fsp3) is 0.368. The lowest BCUT2D eigenvalue weighted by Crippen LogP contribution is -2.26. The number of nitrogens with one attached hydrogen (secondary N) is 1. The second kappa shape index (κ2) is 6.57. The number of anilines is 3. The van der Waals surface area contributed by atoms with Crippen molar-refractivity contribution >= 4 is 22.8 Å². The quantitative estimate of drug-likeness (QED) is 0.669. The number of aromatic nitrogens is 3. The van der Waals surface area contributed by atoms with Gasteiger partial charge in [-0.15, -0.1) is 5.10 Å². The van der Waals surface area contributed by atoms with Gasteiger partial charge in [-0.25, -0.2) is 13.9 Å². The fourth-order valence-corrected chi connectivity index (χ4v) is 3.79. The third kappa shape index (κ3) is 2.99. The van der Waals surface area contributed by atoms with Gasteiger partial charge in [-0.2, -0.15) is 0 Å². The van der Waals surface area contributed by atoms with Crippen LogP contribution in [0.2, 0.25) is 0 Å². The van der Waals surface area contributed by atoms with E-state index in [1.807, 2.05) is 6.92 Å². The van der Waals surface area contributed by atoms with Crippen LogP contribution < -0.4 is 16.8 Å². The zero-order valence-electron chi connectivity index (χ0n) is 14.7. The van der Waals surface area contributed by atoms with Crippen LogP contribution in [0.1, 0.15) is 42.7 Å². The minimum absolute atomic E-state index is 0.236. The number of nitrogens with two attached hydrogens (primary N) is 2. The summed E-state index contributed by atoms with van der Waals surface area (Å²) in [6.07, 6.45) is 7.18. The summed E-state index contributed by atoms with van der Waals surface area (Å²) in [6.45, 7) is 1.93. The first-order chi connectivity index (χ1) is 12.5. The van der Waals surface area contributed by atoms with E-state index in [1.54, 1.807) is 29.0 Å². The second-order valence-corrected chi connectivity index (χ2v) is 7.09. The maximum absolute atomic E-state index is 14.4. The van der Waals surface area contributed by atoms with Gasteiger partial charge < -0.3 is 16.8 Å². The molecular formula is C19H23FN6. The van der Waals surface area contributed by atoms with Crippen LogP contribution >= 0.6 is 0 Å². The van der Waals surface area contributed by atoms with E-state index in [1.165, 1.54) is 6.07 Å². The van der Waals surface area contributed by atoms with Crippen LogP contribution in [0.3, 0.4) is 0 Å². The molecule has 0 unspecified atom stereocenters. The molecule has 26 heavy (non-hydrogen) atoms. The van der Waals surface area contributed by atoms with Crippen molar-refractivity contribution in [1.82, 2.24) is 14.6 Å². The first kappa shape index (κ1) is 16.8. The number of hydrogen-bond acceptors (Lipinski definition) is 5. The molecule has 1 aliphatic rings. The molecule has 7 heteroatoms. The van der Waals surface area contributed by atoms with E-state index in [0.717, 1.165) is 42.5 Å². The molecule has 0 amide bonds. The highest BCUT2D eigenvalue weighted by molar-refractivity contribution is 5.81. The number of fused-ring (bicyclic) bond motifs is 1. The summed E-state index contributed by atoms with van der Waals surface area (Å²) in [4.78, 5) is 4.41. The Morgan fingerprint density at radius 3 is 2.77 bits per heavy atom. The number of nitrogen functional groups attached to an aromatic ring is 1. The smallest absolute Gasteiger partial charge is 0.177 e. The molecule has 1 saturated carbocycles. The van der Waals surface area contributed by atoms with Crippen LogP contribution in [0.25, 0.3) is 5.65 Å². The Balaban J connectivity index is 1.84. The number of halogens is 1. The molecule has 0 bridgehead atoms. The third-order valence-electron chi connectivity index (χ3n) is 5.17. The lowest BCUT2D eigenvalue weighted by Gasteiger charge is -2.28. The Labute approximate surface area is 151 Å². The molecule has 2 aromatic heterocycles. The van der Waals surface area contributed by atoms with Crippen molar-refractivity contribution in [2.24, 2.45) is 5.73 Å². The first-order valence-corrected chi connectivity index (χ1v) is 8.94. The number of aryl methyl sites for hydroxylation is 1. The number of benzene rings is 1. The molecule has 4 rings (SSSR count). The standard InChI is InChI=1S/C19H23FN6/c1-11-2-7-14(20)15(10-11)24-17-16(12-3-5-13(21)6-4-12)18(22)25-26-9-8-23-19(17)26/h2,7-10,12-13,24H,3-6,21H2,1H3,(H2,22,25). The van der Waals surface area contributed by atoms with Crippen LogP contribution in [-0.4, -0.2) is 20.6 Å². The first-order valence-electron chi connectivity index (χ1n) is 8.94. The summed E-state index contributed by atoms with van der Waals surface area (Å²) >= 11 is 0. The van der Waals surface area contributed by atoms with Crippen molar-refractivity contribution in [3.63, 3.8) is 0 Å². The average molecular weight is 354 g/mol. The minimum atomic E-state index is -0.313. The van der Waals surface area contributed by atoms with Crippen molar-refractivity contribution in [1.29, 1.82) is 0 Å². The van der Waals surface area contributed by atoms with E-state index in [9.17, 15) is 4.39 Å². The van der Waals surface area contributed by atoms with Crippen LogP contribution in [0.15, 0.2) is 30.6 Å². The molecule has 1 aromatic carbocycles. The number of imidazole rings is 1. The predicted molar refractivity (Wildman–Crippen MR) is 101 cm³/mol. The van der Waals surface area contributed by atoms with Crippen LogP contribution in [0.4, 0.5) is 21.6 Å². The average Bonchev–Trinajstić information content (AvgIpc) is 3.07. The van der Waals surface area contributed by atoms with Crippen molar-refractivity contribution in [2.75, 3.05) is 11.1 Å². The Morgan fingerprint density at radius 2 is 2.00 bits per heavy atom. The largest absolute Gasteiger partial charge is 0.382 e. The molecule has 0 saturated heterocycles. The summed E-state index contributed by atoms with van der Waals surface area (Å²) in [5.74, 6) is 0.373. The summed E-state index contributed by atoms with van der Waals surface area (Å²) in [5, 5.41) is 7.69. The maximum atomic E-state index is 14.4. The predicted octanol–water partition coefficient (Wildman–Crippen LogP) is 3.49. The van der Waals surface area contributed by atoms with Gasteiger partial charge in [0.1, 0.15) is 11.6 Å². The molecule has 6 nitrogen and oxygen atoms in total. The molecule has 136 valence electrons. The van der Waals surface area contributed by atoms with E-state index in [2.05, 4.69) is 15.4 Å². The third-order valence-corrected chi connectivity index (χ3v) is 5.17. The van der Waals surface area contributed by atoms with Gasteiger partial charge in [0.2, 0.25) is 0 Å². The van der Waals surface area contributed by atoms with E-state index >= 15 is 0 Å². The van der Waals surface area contributed by atoms with Crippen molar-refractivity contribution in [3.8, 4) is 0 Å². The molecule has 3 aromatic rings. The van der Waals surface area contributed by atoms with Crippen LogP contribution in [-0.2, 0) is 0 Å². The van der Waals surface area contributed by atoms with Crippen molar-refractivity contribution in [3.05, 3.63) is 47.5 Å². The van der Waals surface area contributed by atoms with Gasteiger partial charge in [-0.1, -0.05) is 6.07 Å². The molecule has 1 fully saturated rings. The normalized spacial score (nSPS) is 20.4. The van der Waals surface area contributed by atoms with Gasteiger partial charge in [0, 0.05) is 24.0 Å². The van der Waals surface area contributed by atoms with Gasteiger partial charge in [-0.05, 0) is 56.2 Å². The Bertz CT molecular complexity index is 943. The van der Waals surface area contributed by atoms with E-state index in [0.29, 0.717) is 17.2 Å². The van der Waals surface area contributed by atoms with Gasteiger partial charge in [0.05, 0.1) is 11.4 Å². The van der Waals surface area contributed by atoms with E-state index < -0.39 is 0 Å². The monoisotopic (exact) mass is 354 g/mol. The zero-order valence-corrected chi connectivity index (χ0v) is 14.7. The van der Waals surface area contributed by atoms with E-state index in [-0.39, 0.29) is 17.8 Å². The highest BCUT2D eigenvalue weighted by atomic mass is 19.1. The van der Waals surface area contributed by atoms with E-state index in [4.69, 9.17) is 11.5 Å². The molecule has 1 aliphatic carbocycles. The van der Waals surface area contributed by atoms with Crippen LogP contribution in [0, 0.1) is 12.7 Å². The van der Waals surface area contributed by atoms with Gasteiger partial charge in [0.25, 0.3) is 0 Å². The lowest BCUT2D eigenvalue weighted by molar-refractivity contribution is 0.396. The van der Waals surface area contributed by atoms with Gasteiger partial charge in [0.15, 0.2) is 5.65 Å². The maximum Gasteiger partial charge on any atom is 0.177 e. The fourth-order valence-electron chi connectivity index (χ4n) is 3.79. The SMILES string of the molecule is Cc1ccc(F)c(Nc2c(C3CCC(N)CC3)c(N)nn3ccnc23)c1. The topological polar surface area (TPSA) is 94.3 Å². The Morgan fingerprint density at radius 1 is 1.23 bits per heavy atom. The summed E-state index contributed by atoms with van der Waals surface area (Å²) in [6, 6.07) is 5.23. The second-order valence-electron chi connectivity index (χ2n) is 7.09. The minimum Gasteiger partial charge on any atom is -0.382 e. The summed E-state index contributed by atoms with van der Waals surface area (Å²) in [5.41, 5.74) is 16.0. The van der Waals surface area contributed by atoms with Crippen LogP contribution in [0.5, 0.6) is 0 Å². The lowest BCUT2D eigenvalue weighted by atomic mass is 9.81.